The van der Waals surface area contributed by atoms with Gasteiger partial charge in [0.05, 0.1) is 0 Å². The fraction of sp³-hybridized carbons (Fsp3) is 0.217. The van der Waals surface area contributed by atoms with Crippen LogP contribution in [-0.2, 0) is 4.79 Å². The van der Waals surface area contributed by atoms with Gasteiger partial charge in [0.25, 0.3) is 5.91 Å². The standard InChI is InChI=1S/C23H22ClN3O/c1-4-16(3)27-14-18(20-7-5-6-8-22(20)27)11-17(13-25)23(28)26-21-12-19(24)10-9-15(21)2/h5-12,14,16H,4H2,1-3H3,(H,26,28)/b17-11+/t16-/m0/s1. The van der Waals surface area contributed by atoms with Crippen LogP contribution in [0.3, 0.4) is 0 Å². The molecule has 0 unspecified atom stereocenters. The van der Waals surface area contributed by atoms with Gasteiger partial charge in [0.1, 0.15) is 11.6 Å². The van der Waals surface area contributed by atoms with E-state index in [2.05, 4.69) is 29.8 Å². The predicted octanol–water partition coefficient (Wildman–Crippen LogP) is 6.12. The van der Waals surface area contributed by atoms with Crippen molar-refractivity contribution in [2.75, 3.05) is 5.32 Å². The molecule has 0 spiro atoms. The van der Waals surface area contributed by atoms with Gasteiger partial charge < -0.3 is 9.88 Å². The summed E-state index contributed by atoms with van der Waals surface area (Å²) in [5, 5.41) is 13.9. The zero-order valence-electron chi connectivity index (χ0n) is 16.2. The fourth-order valence-electron chi connectivity index (χ4n) is 3.13. The minimum atomic E-state index is -0.451. The van der Waals surface area contributed by atoms with Crippen molar-refractivity contribution in [1.29, 1.82) is 5.26 Å². The van der Waals surface area contributed by atoms with Gasteiger partial charge in [0.15, 0.2) is 0 Å². The largest absolute Gasteiger partial charge is 0.344 e. The number of anilines is 1. The number of carbonyl (C=O) groups is 1. The highest BCUT2D eigenvalue weighted by atomic mass is 35.5. The maximum atomic E-state index is 12.7. The van der Waals surface area contributed by atoms with Crippen molar-refractivity contribution in [3.8, 4) is 6.07 Å². The van der Waals surface area contributed by atoms with Gasteiger partial charge in [0, 0.05) is 39.4 Å². The molecular formula is C23H22ClN3O. The fourth-order valence-corrected chi connectivity index (χ4v) is 3.30. The van der Waals surface area contributed by atoms with E-state index in [1.54, 1.807) is 18.2 Å². The summed E-state index contributed by atoms with van der Waals surface area (Å²) in [6.45, 7) is 6.16. The third-order valence-corrected chi connectivity index (χ3v) is 5.18. The molecule has 1 amide bonds. The zero-order valence-corrected chi connectivity index (χ0v) is 16.9. The Morgan fingerprint density at radius 2 is 2.07 bits per heavy atom. The third-order valence-electron chi connectivity index (χ3n) is 4.95. The summed E-state index contributed by atoms with van der Waals surface area (Å²) in [7, 11) is 0. The van der Waals surface area contributed by atoms with Gasteiger partial charge in [-0.2, -0.15) is 5.26 Å². The number of fused-ring (bicyclic) bond motifs is 1. The number of halogens is 1. The molecule has 0 radical (unpaired) electrons. The van der Waals surface area contributed by atoms with Crippen LogP contribution < -0.4 is 5.32 Å². The van der Waals surface area contributed by atoms with E-state index in [1.807, 2.05) is 43.5 Å². The molecule has 0 bridgehead atoms. The Hall–Kier alpha value is -3.03. The van der Waals surface area contributed by atoms with Crippen molar-refractivity contribution in [2.45, 2.75) is 33.2 Å². The Labute approximate surface area is 170 Å². The van der Waals surface area contributed by atoms with E-state index in [9.17, 15) is 10.1 Å². The number of carbonyl (C=O) groups excluding carboxylic acids is 1. The van der Waals surface area contributed by atoms with Crippen molar-refractivity contribution >= 4 is 40.2 Å². The minimum absolute atomic E-state index is 0.0476. The predicted molar refractivity (Wildman–Crippen MR) is 115 cm³/mol. The van der Waals surface area contributed by atoms with Crippen molar-refractivity contribution in [2.24, 2.45) is 0 Å². The van der Waals surface area contributed by atoms with Gasteiger partial charge in [-0.15, -0.1) is 0 Å². The molecule has 0 aliphatic heterocycles. The second-order valence-corrected chi connectivity index (χ2v) is 7.29. The highest BCUT2D eigenvalue weighted by molar-refractivity contribution is 6.31. The van der Waals surface area contributed by atoms with Gasteiger partial charge in [0.2, 0.25) is 0 Å². The molecule has 0 aliphatic rings. The Kier molecular flexibility index (Phi) is 5.87. The molecule has 1 atom stereocenters. The normalized spacial score (nSPS) is 12.6. The van der Waals surface area contributed by atoms with Crippen LogP contribution in [0.5, 0.6) is 0 Å². The lowest BCUT2D eigenvalue weighted by Crippen LogP contribution is -2.14. The van der Waals surface area contributed by atoms with Crippen LogP contribution in [0, 0.1) is 18.3 Å². The summed E-state index contributed by atoms with van der Waals surface area (Å²) in [6.07, 6.45) is 4.64. The lowest BCUT2D eigenvalue weighted by molar-refractivity contribution is -0.112. The number of benzene rings is 2. The molecule has 0 saturated heterocycles. The van der Waals surface area contributed by atoms with E-state index in [0.717, 1.165) is 28.5 Å². The van der Waals surface area contributed by atoms with E-state index in [0.29, 0.717) is 16.8 Å². The minimum Gasteiger partial charge on any atom is -0.344 e. The molecule has 3 aromatic rings. The Balaban J connectivity index is 2.00. The molecule has 0 saturated carbocycles. The van der Waals surface area contributed by atoms with E-state index in [4.69, 9.17) is 11.6 Å². The summed E-state index contributed by atoms with van der Waals surface area (Å²) in [6, 6.07) is 15.6. The Morgan fingerprint density at radius 3 is 2.79 bits per heavy atom. The molecule has 4 nitrogen and oxygen atoms in total. The van der Waals surface area contributed by atoms with E-state index in [-0.39, 0.29) is 5.57 Å². The number of amides is 1. The first-order chi connectivity index (χ1) is 13.4. The number of nitrogens with zero attached hydrogens (tertiary/aromatic N) is 2. The summed E-state index contributed by atoms with van der Waals surface area (Å²) < 4.78 is 2.19. The van der Waals surface area contributed by atoms with Crippen LogP contribution in [0.4, 0.5) is 5.69 Å². The molecular weight excluding hydrogens is 370 g/mol. The first-order valence-electron chi connectivity index (χ1n) is 9.23. The molecule has 1 N–H and O–H groups in total. The maximum Gasteiger partial charge on any atom is 0.266 e. The molecule has 0 aliphatic carbocycles. The molecule has 2 aromatic carbocycles. The summed E-state index contributed by atoms with van der Waals surface area (Å²) >= 11 is 6.02. The first kappa shape index (κ1) is 19.7. The topological polar surface area (TPSA) is 57.8 Å². The average molecular weight is 392 g/mol. The lowest BCUT2D eigenvalue weighted by atomic mass is 10.1. The smallest absolute Gasteiger partial charge is 0.266 e. The SMILES string of the molecule is CC[C@H](C)n1cc(/C=C(\C#N)C(=O)Nc2cc(Cl)ccc2C)c2ccccc21. The number of aryl methyl sites for hydroxylation is 1. The van der Waals surface area contributed by atoms with Gasteiger partial charge in [-0.1, -0.05) is 42.8 Å². The third kappa shape index (κ3) is 3.95. The van der Waals surface area contributed by atoms with Crippen LogP contribution >= 0.6 is 11.6 Å². The number of para-hydroxylation sites is 1. The monoisotopic (exact) mass is 391 g/mol. The second kappa shape index (κ2) is 8.33. The quantitative estimate of drug-likeness (QED) is 0.420. The van der Waals surface area contributed by atoms with Crippen molar-refractivity contribution in [1.82, 2.24) is 4.57 Å². The molecule has 1 aromatic heterocycles. The van der Waals surface area contributed by atoms with Crippen LogP contribution in [-0.4, -0.2) is 10.5 Å². The molecule has 0 fully saturated rings. The number of hydrogen-bond donors (Lipinski definition) is 1. The first-order valence-corrected chi connectivity index (χ1v) is 9.61. The average Bonchev–Trinajstić information content (AvgIpc) is 3.06. The van der Waals surface area contributed by atoms with E-state index < -0.39 is 5.91 Å². The van der Waals surface area contributed by atoms with Crippen LogP contribution in [0.25, 0.3) is 17.0 Å². The van der Waals surface area contributed by atoms with Crippen molar-refractivity contribution in [3.63, 3.8) is 0 Å². The number of nitrogens with one attached hydrogen (secondary N) is 1. The zero-order chi connectivity index (χ0) is 20.3. The highest BCUT2D eigenvalue weighted by Crippen LogP contribution is 2.28. The van der Waals surface area contributed by atoms with Gasteiger partial charge in [-0.25, -0.2) is 0 Å². The van der Waals surface area contributed by atoms with Crippen LogP contribution in [0.15, 0.2) is 54.2 Å². The van der Waals surface area contributed by atoms with Crippen LogP contribution in [0.2, 0.25) is 5.02 Å². The van der Waals surface area contributed by atoms with Gasteiger partial charge >= 0.3 is 0 Å². The number of hydrogen-bond acceptors (Lipinski definition) is 2. The lowest BCUT2D eigenvalue weighted by Gasteiger charge is -2.12. The van der Waals surface area contributed by atoms with Crippen molar-refractivity contribution in [3.05, 3.63) is 70.4 Å². The van der Waals surface area contributed by atoms with Gasteiger partial charge in [-0.05, 0) is 50.1 Å². The summed E-state index contributed by atoms with van der Waals surface area (Å²) in [4.78, 5) is 12.7. The van der Waals surface area contributed by atoms with Crippen LogP contribution in [0.1, 0.15) is 37.4 Å². The van der Waals surface area contributed by atoms with Gasteiger partial charge in [-0.3, -0.25) is 4.79 Å². The summed E-state index contributed by atoms with van der Waals surface area (Å²) in [5.41, 5.74) is 3.47. The molecule has 142 valence electrons. The Morgan fingerprint density at radius 1 is 1.32 bits per heavy atom. The number of nitriles is 1. The number of rotatable bonds is 5. The van der Waals surface area contributed by atoms with E-state index >= 15 is 0 Å². The van der Waals surface area contributed by atoms with E-state index in [1.165, 1.54) is 0 Å². The maximum absolute atomic E-state index is 12.7. The Bertz CT molecular complexity index is 1100. The molecule has 28 heavy (non-hydrogen) atoms. The molecule has 3 rings (SSSR count). The number of aromatic nitrogens is 1. The molecule has 1 heterocycles. The van der Waals surface area contributed by atoms with Crippen molar-refractivity contribution < 1.29 is 4.79 Å². The second-order valence-electron chi connectivity index (χ2n) is 6.85. The summed E-state index contributed by atoms with van der Waals surface area (Å²) in [5.74, 6) is -0.451. The molecule has 5 heteroatoms. The highest BCUT2D eigenvalue weighted by Gasteiger charge is 2.15.